The minimum atomic E-state index is -0.0591. The van der Waals surface area contributed by atoms with E-state index in [0.29, 0.717) is 36.7 Å². The maximum atomic E-state index is 13.1. The Balaban J connectivity index is 1.47. The van der Waals surface area contributed by atoms with Gasteiger partial charge in [0, 0.05) is 30.9 Å². The van der Waals surface area contributed by atoms with Crippen molar-refractivity contribution in [3.05, 3.63) is 64.1 Å². The van der Waals surface area contributed by atoms with E-state index < -0.39 is 0 Å². The Hall–Kier alpha value is -2.95. The molecule has 10 heteroatoms. The second-order valence-corrected chi connectivity index (χ2v) is 8.85. The number of thioether (sulfide) groups is 1. The highest BCUT2D eigenvalue weighted by atomic mass is 32.2. The molecule has 0 aliphatic rings. The van der Waals surface area contributed by atoms with Crippen molar-refractivity contribution in [3.8, 4) is 10.8 Å². The fourth-order valence-corrected chi connectivity index (χ4v) is 5.25. The first kappa shape index (κ1) is 20.9. The summed E-state index contributed by atoms with van der Waals surface area (Å²) in [6.07, 6.45) is 2.37. The van der Waals surface area contributed by atoms with E-state index in [1.165, 1.54) is 0 Å². The van der Waals surface area contributed by atoms with Crippen LogP contribution in [0.2, 0.25) is 0 Å². The molecule has 4 heterocycles. The molecule has 164 valence electrons. The van der Waals surface area contributed by atoms with E-state index in [4.69, 9.17) is 9.15 Å². The normalized spacial score (nSPS) is 11.7. The van der Waals surface area contributed by atoms with E-state index in [-0.39, 0.29) is 5.56 Å². The highest BCUT2D eigenvalue weighted by molar-refractivity contribution is 7.98. The molecule has 5 rings (SSSR count). The van der Waals surface area contributed by atoms with Crippen LogP contribution in [0.3, 0.4) is 0 Å². The summed E-state index contributed by atoms with van der Waals surface area (Å²) in [7, 11) is 0. The van der Waals surface area contributed by atoms with E-state index in [1.54, 1.807) is 33.9 Å². The summed E-state index contributed by atoms with van der Waals surface area (Å²) >= 11 is 3.09. The summed E-state index contributed by atoms with van der Waals surface area (Å²) in [5.41, 5.74) is 1.68. The second kappa shape index (κ2) is 9.27. The number of para-hydroxylation sites is 1. The Morgan fingerprint density at radius 3 is 2.94 bits per heavy atom. The number of ether oxygens (including phenoxy) is 1. The quantitative estimate of drug-likeness (QED) is 0.233. The number of rotatable bonds is 9. The standard InChI is InChI=1S/C22H21N5O3S2/c1-2-29-11-6-10-26-20(28)16-7-3-4-8-17(16)27-21(26)24-25-22(27)32-14-15-13-31-19(23-15)18-9-5-12-30-18/h3-5,7-9,12-13H,2,6,10-11,14H2,1H3. The van der Waals surface area contributed by atoms with Crippen LogP contribution >= 0.6 is 23.1 Å². The number of hydrogen-bond acceptors (Lipinski definition) is 8. The van der Waals surface area contributed by atoms with Crippen molar-refractivity contribution in [3.63, 3.8) is 0 Å². The monoisotopic (exact) mass is 467 g/mol. The van der Waals surface area contributed by atoms with E-state index >= 15 is 0 Å². The molecule has 0 saturated carbocycles. The van der Waals surface area contributed by atoms with E-state index in [1.807, 2.05) is 53.1 Å². The van der Waals surface area contributed by atoms with Gasteiger partial charge in [-0.1, -0.05) is 23.9 Å². The van der Waals surface area contributed by atoms with Gasteiger partial charge in [-0.15, -0.1) is 21.5 Å². The van der Waals surface area contributed by atoms with Gasteiger partial charge in [0.25, 0.3) is 5.56 Å². The lowest BCUT2D eigenvalue weighted by Crippen LogP contribution is -2.24. The Kier molecular flexibility index (Phi) is 6.06. The van der Waals surface area contributed by atoms with Gasteiger partial charge in [0.2, 0.25) is 5.78 Å². The van der Waals surface area contributed by atoms with Gasteiger partial charge in [-0.2, -0.15) is 0 Å². The SMILES string of the molecule is CCOCCCn1c(=O)c2ccccc2n2c(SCc3csc(-c4ccco4)n3)nnc12. The summed E-state index contributed by atoms with van der Waals surface area (Å²) in [6, 6.07) is 11.3. The van der Waals surface area contributed by atoms with Crippen molar-refractivity contribution >= 4 is 39.8 Å². The third-order valence-electron chi connectivity index (χ3n) is 4.99. The van der Waals surface area contributed by atoms with Gasteiger partial charge in [-0.25, -0.2) is 4.98 Å². The van der Waals surface area contributed by atoms with Crippen LogP contribution in [0.25, 0.3) is 27.4 Å². The Bertz CT molecular complexity index is 1400. The van der Waals surface area contributed by atoms with Crippen LogP contribution in [-0.2, 0) is 17.0 Å². The fourth-order valence-electron chi connectivity index (χ4n) is 3.52. The van der Waals surface area contributed by atoms with Crippen LogP contribution in [-0.4, -0.2) is 37.4 Å². The van der Waals surface area contributed by atoms with Crippen LogP contribution in [0, 0.1) is 0 Å². The Morgan fingerprint density at radius 1 is 1.19 bits per heavy atom. The topological polar surface area (TPSA) is 87.5 Å². The van der Waals surface area contributed by atoms with Crippen LogP contribution in [0.4, 0.5) is 0 Å². The number of benzene rings is 1. The number of aryl methyl sites for hydroxylation is 1. The number of aromatic nitrogens is 5. The molecule has 0 unspecified atom stereocenters. The van der Waals surface area contributed by atoms with Gasteiger partial charge in [0.15, 0.2) is 15.9 Å². The summed E-state index contributed by atoms with van der Waals surface area (Å²) in [4.78, 5) is 17.8. The second-order valence-electron chi connectivity index (χ2n) is 7.05. The lowest BCUT2D eigenvalue weighted by atomic mass is 10.2. The van der Waals surface area contributed by atoms with Crippen molar-refractivity contribution in [1.29, 1.82) is 0 Å². The Labute approximate surface area is 191 Å². The van der Waals surface area contributed by atoms with Crippen LogP contribution in [0.15, 0.2) is 62.4 Å². The van der Waals surface area contributed by atoms with Gasteiger partial charge >= 0.3 is 0 Å². The minimum Gasteiger partial charge on any atom is -0.462 e. The molecule has 0 amide bonds. The predicted octanol–water partition coefficient (Wildman–Crippen LogP) is 4.48. The maximum Gasteiger partial charge on any atom is 0.262 e. The van der Waals surface area contributed by atoms with Crippen LogP contribution in [0.5, 0.6) is 0 Å². The number of nitrogens with zero attached hydrogens (tertiary/aromatic N) is 5. The molecule has 0 spiro atoms. The molecule has 0 aliphatic carbocycles. The van der Waals surface area contributed by atoms with Crippen molar-refractivity contribution in [1.82, 2.24) is 24.1 Å². The molecule has 32 heavy (non-hydrogen) atoms. The van der Waals surface area contributed by atoms with Crippen molar-refractivity contribution in [2.45, 2.75) is 30.8 Å². The molecule has 0 saturated heterocycles. The van der Waals surface area contributed by atoms with Gasteiger partial charge < -0.3 is 9.15 Å². The summed E-state index contributed by atoms with van der Waals surface area (Å²) in [5.74, 6) is 1.94. The molecule has 0 atom stereocenters. The molecule has 0 bridgehead atoms. The molecular formula is C22H21N5O3S2. The summed E-state index contributed by atoms with van der Waals surface area (Å²) in [5, 5.41) is 13.0. The molecule has 0 N–H and O–H groups in total. The van der Waals surface area contributed by atoms with Crippen molar-refractivity contribution < 1.29 is 9.15 Å². The maximum absolute atomic E-state index is 13.1. The number of thiazole rings is 1. The zero-order chi connectivity index (χ0) is 21.9. The predicted molar refractivity (Wildman–Crippen MR) is 125 cm³/mol. The largest absolute Gasteiger partial charge is 0.462 e. The highest BCUT2D eigenvalue weighted by Gasteiger charge is 2.17. The van der Waals surface area contributed by atoms with E-state index in [2.05, 4.69) is 15.2 Å². The highest BCUT2D eigenvalue weighted by Crippen LogP contribution is 2.28. The molecule has 8 nitrogen and oxygen atoms in total. The third kappa shape index (κ3) is 3.96. The number of furan rings is 1. The molecule has 0 fully saturated rings. The molecule has 4 aromatic heterocycles. The lowest BCUT2D eigenvalue weighted by molar-refractivity contribution is 0.141. The molecule has 0 aliphatic heterocycles. The average molecular weight is 468 g/mol. The Morgan fingerprint density at radius 2 is 2.09 bits per heavy atom. The fraction of sp³-hybridized carbons (Fsp3) is 0.273. The first-order valence-electron chi connectivity index (χ1n) is 10.3. The zero-order valence-electron chi connectivity index (χ0n) is 17.4. The number of hydrogen-bond donors (Lipinski definition) is 0. The van der Waals surface area contributed by atoms with E-state index in [9.17, 15) is 4.79 Å². The van der Waals surface area contributed by atoms with Crippen molar-refractivity contribution in [2.75, 3.05) is 13.2 Å². The molecule has 1 aromatic carbocycles. The third-order valence-corrected chi connectivity index (χ3v) is 6.85. The first-order valence-corrected chi connectivity index (χ1v) is 12.2. The van der Waals surface area contributed by atoms with Gasteiger partial charge in [-0.3, -0.25) is 13.8 Å². The van der Waals surface area contributed by atoms with Gasteiger partial charge in [-0.05, 0) is 37.6 Å². The summed E-state index contributed by atoms with van der Waals surface area (Å²) in [6.45, 7) is 3.74. The van der Waals surface area contributed by atoms with Gasteiger partial charge in [0.05, 0.1) is 22.9 Å². The average Bonchev–Trinajstić information content (AvgIpc) is 3.58. The van der Waals surface area contributed by atoms with E-state index in [0.717, 1.165) is 33.6 Å². The summed E-state index contributed by atoms with van der Waals surface area (Å²) < 4.78 is 14.5. The van der Waals surface area contributed by atoms with Crippen LogP contribution < -0.4 is 5.56 Å². The van der Waals surface area contributed by atoms with Crippen molar-refractivity contribution in [2.24, 2.45) is 0 Å². The molecular weight excluding hydrogens is 446 g/mol. The number of fused-ring (bicyclic) bond motifs is 3. The first-order chi connectivity index (χ1) is 15.8. The molecule has 5 aromatic rings. The molecule has 0 radical (unpaired) electrons. The minimum absolute atomic E-state index is 0.0591. The zero-order valence-corrected chi connectivity index (χ0v) is 19.1. The lowest BCUT2D eigenvalue weighted by Gasteiger charge is -2.11. The van der Waals surface area contributed by atoms with Crippen LogP contribution in [0.1, 0.15) is 19.0 Å². The van der Waals surface area contributed by atoms with Gasteiger partial charge in [0.1, 0.15) is 0 Å². The smallest absolute Gasteiger partial charge is 0.262 e.